The van der Waals surface area contributed by atoms with Gasteiger partial charge in [-0.05, 0) is 18.9 Å². The van der Waals surface area contributed by atoms with Gasteiger partial charge in [0.15, 0.2) is 0 Å². The molecule has 0 spiro atoms. The Morgan fingerprint density at radius 1 is 1.38 bits per heavy atom. The van der Waals surface area contributed by atoms with Gasteiger partial charge in [-0.15, -0.1) is 0 Å². The van der Waals surface area contributed by atoms with Gasteiger partial charge in [-0.25, -0.2) is 0 Å². The highest BCUT2D eigenvalue weighted by atomic mass is 16.6. The third-order valence-electron chi connectivity index (χ3n) is 3.09. The molecule has 0 saturated heterocycles. The smallest absolute Gasteiger partial charge is 0.293 e. The molecule has 112 valence electrons. The lowest BCUT2D eigenvalue weighted by Crippen LogP contribution is -2.38. The molecule has 0 unspecified atom stereocenters. The molecule has 0 aliphatic heterocycles. The van der Waals surface area contributed by atoms with Gasteiger partial charge in [0, 0.05) is 19.2 Å². The Labute approximate surface area is 121 Å². The highest BCUT2D eigenvalue weighted by molar-refractivity contribution is 6.02. The van der Waals surface area contributed by atoms with Crippen LogP contribution in [-0.2, 0) is 4.79 Å². The first-order valence-electron chi connectivity index (χ1n) is 6.55. The summed E-state index contributed by atoms with van der Waals surface area (Å²) in [7, 11) is 1.50. The lowest BCUT2D eigenvalue weighted by atomic mass is 10.1. The van der Waals surface area contributed by atoms with Crippen LogP contribution in [-0.4, -0.2) is 36.4 Å². The van der Waals surface area contributed by atoms with E-state index in [1.54, 1.807) is 0 Å². The van der Waals surface area contributed by atoms with Crippen LogP contribution in [0.3, 0.4) is 0 Å². The standard InChI is InChI=1S/C13H16N4O4/c1-14-12-9(3-2-4-10(12)17(20)21)13(19)15-7-11(18)16-8-5-6-8/h2-4,8,14H,5-7H2,1H3,(H,15,19)(H,16,18). The molecular weight excluding hydrogens is 276 g/mol. The zero-order valence-electron chi connectivity index (χ0n) is 11.5. The van der Waals surface area contributed by atoms with Gasteiger partial charge in [0.2, 0.25) is 5.91 Å². The molecule has 3 N–H and O–H groups in total. The highest BCUT2D eigenvalue weighted by Crippen LogP contribution is 2.27. The van der Waals surface area contributed by atoms with Gasteiger partial charge in [0.25, 0.3) is 11.6 Å². The molecule has 1 aliphatic rings. The Bertz CT molecular complexity index is 584. The number of carbonyl (C=O) groups excluding carboxylic acids is 2. The minimum atomic E-state index is -0.567. The number of anilines is 1. The Balaban J connectivity index is 2.05. The van der Waals surface area contributed by atoms with E-state index in [4.69, 9.17) is 0 Å². The van der Waals surface area contributed by atoms with E-state index < -0.39 is 10.8 Å². The predicted octanol–water partition coefficient (Wildman–Crippen LogP) is 0.645. The zero-order valence-corrected chi connectivity index (χ0v) is 11.5. The van der Waals surface area contributed by atoms with Crippen LogP contribution < -0.4 is 16.0 Å². The first-order chi connectivity index (χ1) is 10.0. The summed E-state index contributed by atoms with van der Waals surface area (Å²) >= 11 is 0. The van der Waals surface area contributed by atoms with Crippen LogP contribution in [0.25, 0.3) is 0 Å². The number of rotatable bonds is 6. The van der Waals surface area contributed by atoms with E-state index >= 15 is 0 Å². The van der Waals surface area contributed by atoms with Crippen molar-refractivity contribution >= 4 is 23.2 Å². The summed E-state index contributed by atoms with van der Waals surface area (Å²) in [5.74, 6) is -0.795. The Kier molecular flexibility index (Phi) is 4.36. The molecule has 2 rings (SSSR count). The van der Waals surface area contributed by atoms with Crippen LogP contribution in [0, 0.1) is 10.1 Å². The van der Waals surface area contributed by atoms with Crippen molar-refractivity contribution in [3.8, 4) is 0 Å². The number of hydrogen-bond donors (Lipinski definition) is 3. The normalized spacial score (nSPS) is 13.4. The SMILES string of the molecule is CNc1c(C(=O)NCC(=O)NC2CC2)cccc1[N+](=O)[O-]. The van der Waals surface area contributed by atoms with Gasteiger partial charge in [-0.2, -0.15) is 0 Å². The number of nitro groups is 1. The van der Waals surface area contributed by atoms with Crippen molar-refractivity contribution in [3.63, 3.8) is 0 Å². The summed E-state index contributed by atoms with van der Waals surface area (Å²) in [5, 5.41) is 18.8. The second-order valence-corrected chi connectivity index (χ2v) is 4.73. The van der Waals surface area contributed by atoms with Crippen LogP contribution in [0.5, 0.6) is 0 Å². The minimum absolute atomic E-state index is 0.127. The number of nitrogens with one attached hydrogen (secondary N) is 3. The number of nitrogens with zero attached hydrogens (tertiary/aromatic N) is 1. The van der Waals surface area contributed by atoms with Gasteiger partial charge in [0.05, 0.1) is 17.0 Å². The Hall–Kier alpha value is -2.64. The van der Waals surface area contributed by atoms with Gasteiger partial charge in [0.1, 0.15) is 5.69 Å². The largest absolute Gasteiger partial charge is 0.382 e. The van der Waals surface area contributed by atoms with Crippen LogP contribution >= 0.6 is 0 Å². The molecule has 8 heteroatoms. The van der Waals surface area contributed by atoms with Crippen molar-refractivity contribution in [2.75, 3.05) is 18.9 Å². The van der Waals surface area contributed by atoms with Crippen molar-refractivity contribution in [2.24, 2.45) is 0 Å². The summed E-state index contributed by atoms with van der Waals surface area (Å²) < 4.78 is 0. The molecule has 21 heavy (non-hydrogen) atoms. The predicted molar refractivity (Wildman–Crippen MR) is 76.1 cm³/mol. The number of para-hydroxylation sites is 1. The van der Waals surface area contributed by atoms with E-state index in [9.17, 15) is 19.7 Å². The molecule has 1 aromatic rings. The first-order valence-corrected chi connectivity index (χ1v) is 6.55. The van der Waals surface area contributed by atoms with Crippen molar-refractivity contribution in [2.45, 2.75) is 18.9 Å². The van der Waals surface area contributed by atoms with Gasteiger partial charge in [-0.1, -0.05) is 6.07 Å². The second-order valence-electron chi connectivity index (χ2n) is 4.73. The average molecular weight is 292 g/mol. The van der Waals surface area contributed by atoms with Crippen molar-refractivity contribution in [1.82, 2.24) is 10.6 Å². The molecule has 0 atom stereocenters. The summed E-state index contributed by atoms with van der Waals surface area (Å²) in [4.78, 5) is 33.9. The second kappa shape index (κ2) is 6.21. The van der Waals surface area contributed by atoms with Crippen LogP contribution in [0.2, 0.25) is 0 Å². The highest BCUT2D eigenvalue weighted by Gasteiger charge is 2.24. The van der Waals surface area contributed by atoms with Crippen LogP contribution in [0.1, 0.15) is 23.2 Å². The lowest BCUT2D eigenvalue weighted by Gasteiger charge is -2.10. The van der Waals surface area contributed by atoms with Crippen molar-refractivity contribution < 1.29 is 14.5 Å². The molecule has 8 nitrogen and oxygen atoms in total. The number of nitro benzene ring substituents is 1. The quantitative estimate of drug-likeness (QED) is 0.526. The Morgan fingerprint density at radius 3 is 2.67 bits per heavy atom. The number of benzene rings is 1. The lowest BCUT2D eigenvalue weighted by molar-refractivity contribution is -0.384. The molecule has 0 radical (unpaired) electrons. The van der Waals surface area contributed by atoms with E-state index in [-0.39, 0.29) is 35.4 Å². The fraction of sp³-hybridized carbons (Fsp3) is 0.385. The van der Waals surface area contributed by atoms with E-state index in [0.29, 0.717) is 0 Å². The minimum Gasteiger partial charge on any atom is -0.382 e. The molecule has 2 amide bonds. The third kappa shape index (κ3) is 3.68. The molecular formula is C13H16N4O4. The Morgan fingerprint density at radius 2 is 2.10 bits per heavy atom. The number of carbonyl (C=O) groups is 2. The summed E-state index contributed by atoms with van der Waals surface area (Å²) in [6.07, 6.45) is 1.93. The van der Waals surface area contributed by atoms with E-state index in [2.05, 4.69) is 16.0 Å². The van der Waals surface area contributed by atoms with Crippen LogP contribution in [0.15, 0.2) is 18.2 Å². The monoisotopic (exact) mass is 292 g/mol. The maximum absolute atomic E-state index is 12.1. The number of hydrogen-bond acceptors (Lipinski definition) is 5. The third-order valence-corrected chi connectivity index (χ3v) is 3.09. The summed E-state index contributed by atoms with van der Waals surface area (Å²) in [5.41, 5.74) is 0.0705. The molecule has 1 fully saturated rings. The van der Waals surface area contributed by atoms with E-state index in [1.165, 1.54) is 25.2 Å². The molecule has 0 aromatic heterocycles. The van der Waals surface area contributed by atoms with Crippen LogP contribution in [0.4, 0.5) is 11.4 Å². The first kappa shape index (κ1) is 14.8. The van der Waals surface area contributed by atoms with Gasteiger partial charge >= 0.3 is 0 Å². The fourth-order valence-corrected chi connectivity index (χ4v) is 1.91. The topological polar surface area (TPSA) is 113 Å². The molecule has 1 saturated carbocycles. The summed E-state index contributed by atoms with van der Waals surface area (Å²) in [6.45, 7) is -0.152. The van der Waals surface area contributed by atoms with E-state index in [1.807, 2.05) is 0 Å². The molecule has 1 aliphatic carbocycles. The average Bonchev–Trinajstić information content (AvgIpc) is 3.27. The van der Waals surface area contributed by atoms with Gasteiger partial charge < -0.3 is 16.0 Å². The fourth-order valence-electron chi connectivity index (χ4n) is 1.91. The zero-order chi connectivity index (χ0) is 15.4. The summed E-state index contributed by atoms with van der Waals surface area (Å²) in [6, 6.07) is 4.42. The van der Waals surface area contributed by atoms with Gasteiger partial charge in [-0.3, -0.25) is 19.7 Å². The van der Waals surface area contributed by atoms with Crippen molar-refractivity contribution in [3.05, 3.63) is 33.9 Å². The molecule has 1 aromatic carbocycles. The van der Waals surface area contributed by atoms with Crippen molar-refractivity contribution in [1.29, 1.82) is 0 Å². The number of amides is 2. The molecule has 0 heterocycles. The van der Waals surface area contributed by atoms with E-state index in [0.717, 1.165) is 12.8 Å². The maximum Gasteiger partial charge on any atom is 0.293 e. The molecule has 0 bridgehead atoms. The maximum atomic E-state index is 12.1.